The highest BCUT2D eigenvalue weighted by atomic mass is 19.3. The van der Waals surface area contributed by atoms with Crippen LogP contribution in [0.5, 0.6) is 0 Å². The zero-order valence-electron chi connectivity index (χ0n) is 18.9. The van der Waals surface area contributed by atoms with Gasteiger partial charge in [-0.25, -0.2) is 13.2 Å². The predicted octanol–water partition coefficient (Wildman–Crippen LogP) is 6.80. The summed E-state index contributed by atoms with van der Waals surface area (Å²) in [5, 5.41) is 2.65. The lowest BCUT2D eigenvalue weighted by Crippen LogP contribution is -2.58. The molecule has 2 saturated carbocycles. The standard InChI is InChI=1S/C23H31F3N2O.C2H6/c24-19-11-18(21(25)26)12-20(13-19)27-22(29)17-5-8-23(9-6-17)14-28(15-23)10-7-16-3-1-2-4-16;1-2/h11-13,16-17,21H,1-10,14-15H2,(H,27,29);1-2H3. The number of carbonyl (C=O) groups excluding carboxylic acids is 1. The summed E-state index contributed by atoms with van der Waals surface area (Å²) < 4.78 is 39.2. The van der Waals surface area contributed by atoms with Crippen molar-refractivity contribution >= 4 is 11.6 Å². The van der Waals surface area contributed by atoms with Crippen molar-refractivity contribution in [3.63, 3.8) is 0 Å². The third kappa shape index (κ3) is 6.24. The minimum absolute atomic E-state index is 0.118. The molecule has 3 aliphatic rings. The van der Waals surface area contributed by atoms with E-state index in [4.69, 9.17) is 0 Å². The van der Waals surface area contributed by atoms with E-state index in [0.29, 0.717) is 5.41 Å². The van der Waals surface area contributed by atoms with Gasteiger partial charge in [-0.15, -0.1) is 0 Å². The van der Waals surface area contributed by atoms with Crippen LogP contribution in [0.2, 0.25) is 0 Å². The van der Waals surface area contributed by atoms with Crippen LogP contribution in [-0.4, -0.2) is 30.4 Å². The molecule has 4 rings (SSSR count). The molecular formula is C25H37F3N2O. The van der Waals surface area contributed by atoms with Crippen molar-refractivity contribution in [1.29, 1.82) is 0 Å². The van der Waals surface area contributed by atoms with Gasteiger partial charge in [0, 0.05) is 30.3 Å². The summed E-state index contributed by atoms with van der Waals surface area (Å²) in [7, 11) is 0. The summed E-state index contributed by atoms with van der Waals surface area (Å²) in [6.07, 6.45) is 7.89. The Morgan fingerprint density at radius 3 is 2.35 bits per heavy atom. The lowest BCUT2D eigenvalue weighted by molar-refractivity contribution is -0.123. The van der Waals surface area contributed by atoms with Gasteiger partial charge in [-0.05, 0) is 68.2 Å². The van der Waals surface area contributed by atoms with Gasteiger partial charge >= 0.3 is 0 Å². The normalized spacial score (nSPS) is 21.6. The van der Waals surface area contributed by atoms with Gasteiger partial charge in [0.2, 0.25) is 5.91 Å². The summed E-state index contributed by atoms with van der Waals surface area (Å²) in [5.41, 5.74) is 0.0797. The fourth-order valence-electron chi connectivity index (χ4n) is 5.59. The second kappa shape index (κ2) is 10.8. The molecule has 1 spiro atoms. The second-order valence-corrected chi connectivity index (χ2v) is 9.49. The molecule has 31 heavy (non-hydrogen) atoms. The molecule has 1 aromatic rings. The lowest BCUT2D eigenvalue weighted by atomic mass is 9.65. The number of halogens is 3. The number of anilines is 1. The zero-order chi connectivity index (χ0) is 22.4. The minimum atomic E-state index is -2.76. The number of benzene rings is 1. The molecular weight excluding hydrogens is 401 g/mol. The van der Waals surface area contributed by atoms with Crippen molar-refractivity contribution in [1.82, 2.24) is 4.90 Å². The Labute approximate surface area is 184 Å². The molecule has 0 aromatic heterocycles. The van der Waals surface area contributed by atoms with Gasteiger partial charge in [-0.3, -0.25) is 4.79 Å². The first-order chi connectivity index (χ1) is 14.9. The molecule has 6 heteroatoms. The molecule has 2 aliphatic carbocycles. The van der Waals surface area contributed by atoms with Crippen LogP contribution in [0.4, 0.5) is 18.9 Å². The highest BCUT2D eigenvalue weighted by Gasteiger charge is 2.45. The van der Waals surface area contributed by atoms with Crippen LogP contribution in [0, 0.1) is 23.1 Å². The van der Waals surface area contributed by atoms with Crippen LogP contribution in [0.3, 0.4) is 0 Å². The fourth-order valence-corrected chi connectivity index (χ4v) is 5.59. The molecule has 1 saturated heterocycles. The molecule has 1 aromatic carbocycles. The Hall–Kier alpha value is -1.56. The Bertz CT molecular complexity index is 717. The van der Waals surface area contributed by atoms with Crippen LogP contribution >= 0.6 is 0 Å². The van der Waals surface area contributed by atoms with E-state index in [2.05, 4.69) is 10.2 Å². The number of rotatable bonds is 6. The highest BCUT2D eigenvalue weighted by Crippen LogP contribution is 2.46. The van der Waals surface area contributed by atoms with Crippen LogP contribution < -0.4 is 5.32 Å². The average molecular weight is 439 g/mol. The quantitative estimate of drug-likeness (QED) is 0.530. The summed E-state index contributed by atoms with van der Waals surface area (Å²) in [6, 6.07) is 3.06. The Morgan fingerprint density at radius 2 is 1.74 bits per heavy atom. The summed E-state index contributed by atoms with van der Waals surface area (Å²) in [4.78, 5) is 15.1. The SMILES string of the molecule is CC.O=C(Nc1cc(F)cc(C(F)F)c1)C1CCC2(CC1)CN(CCC1CCCC1)C2. The topological polar surface area (TPSA) is 32.3 Å². The van der Waals surface area contributed by atoms with Gasteiger partial charge in [0.1, 0.15) is 5.82 Å². The van der Waals surface area contributed by atoms with Crippen LogP contribution in [-0.2, 0) is 4.79 Å². The molecule has 0 atom stereocenters. The second-order valence-electron chi connectivity index (χ2n) is 9.49. The Balaban J connectivity index is 0.00000132. The highest BCUT2D eigenvalue weighted by molar-refractivity contribution is 5.92. The van der Waals surface area contributed by atoms with Crippen molar-refractivity contribution < 1.29 is 18.0 Å². The number of likely N-dealkylation sites (tertiary alicyclic amines) is 1. The first-order valence-electron chi connectivity index (χ1n) is 12.0. The van der Waals surface area contributed by atoms with E-state index in [0.717, 1.165) is 62.9 Å². The van der Waals surface area contributed by atoms with Crippen molar-refractivity contribution in [3.8, 4) is 0 Å². The number of amides is 1. The lowest BCUT2D eigenvalue weighted by Gasteiger charge is -2.53. The summed E-state index contributed by atoms with van der Waals surface area (Å²) >= 11 is 0. The molecule has 174 valence electrons. The van der Waals surface area contributed by atoms with Crippen LogP contribution in [0.1, 0.15) is 83.6 Å². The third-order valence-electron chi connectivity index (χ3n) is 7.30. The van der Waals surface area contributed by atoms with Gasteiger partial charge < -0.3 is 10.2 Å². The maximum absolute atomic E-state index is 13.5. The van der Waals surface area contributed by atoms with Gasteiger partial charge in [0.25, 0.3) is 6.43 Å². The Kier molecular flexibility index (Phi) is 8.43. The van der Waals surface area contributed by atoms with E-state index >= 15 is 0 Å². The Morgan fingerprint density at radius 1 is 1.10 bits per heavy atom. The number of nitrogens with one attached hydrogen (secondary N) is 1. The molecule has 0 unspecified atom stereocenters. The number of nitrogens with zero attached hydrogens (tertiary/aromatic N) is 1. The minimum Gasteiger partial charge on any atom is -0.326 e. The zero-order valence-corrected chi connectivity index (χ0v) is 18.9. The van der Waals surface area contributed by atoms with E-state index in [9.17, 15) is 18.0 Å². The molecule has 0 radical (unpaired) electrons. The van der Waals surface area contributed by atoms with E-state index < -0.39 is 17.8 Å². The summed E-state index contributed by atoms with van der Waals surface area (Å²) in [6.45, 7) is 7.51. The molecule has 1 heterocycles. The molecule has 3 nitrogen and oxygen atoms in total. The van der Waals surface area contributed by atoms with Gasteiger partial charge in [0.05, 0.1) is 0 Å². The van der Waals surface area contributed by atoms with E-state index in [-0.39, 0.29) is 17.5 Å². The maximum Gasteiger partial charge on any atom is 0.264 e. The van der Waals surface area contributed by atoms with Gasteiger partial charge in [-0.2, -0.15) is 0 Å². The number of carbonyl (C=O) groups is 1. The van der Waals surface area contributed by atoms with Gasteiger partial charge in [-0.1, -0.05) is 39.5 Å². The average Bonchev–Trinajstić information content (AvgIpc) is 3.25. The van der Waals surface area contributed by atoms with Gasteiger partial charge in [0.15, 0.2) is 0 Å². The van der Waals surface area contributed by atoms with E-state index in [1.807, 2.05) is 13.8 Å². The number of hydrogen-bond acceptors (Lipinski definition) is 2. The first-order valence-corrected chi connectivity index (χ1v) is 12.0. The van der Waals surface area contributed by atoms with Crippen molar-refractivity contribution in [3.05, 3.63) is 29.6 Å². The van der Waals surface area contributed by atoms with Crippen LogP contribution in [0.15, 0.2) is 18.2 Å². The molecule has 1 aliphatic heterocycles. The molecule has 3 fully saturated rings. The molecule has 1 N–H and O–H groups in total. The van der Waals surface area contributed by atoms with E-state index in [1.165, 1.54) is 38.6 Å². The monoisotopic (exact) mass is 438 g/mol. The predicted molar refractivity (Wildman–Crippen MR) is 119 cm³/mol. The maximum atomic E-state index is 13.5. The number of hydrogen-bond donors (Lipinski definition) is 1. The smallest absolute Gasteiger partial charge is 0.264 e. The third-order valence-corrected chi connectivity index (χ3v) is 7.30. The van der Waals surface area contributed by atoms with E-state index in [1.54, 1.807) is 0 Å². The van der Waals surface area contributed by atoms with Crippen molar-refractivity contribution in [2.45, 2.75) is 78.1 Å². The van der Waals surface area contributed by atoms with Crippen molar-refractivity contribution in [2.75, 3.05) is 25.0 Å². The fraction of sp³-hybridized carbons (Fsp3) is 0.720. The number of alkyl halides is 2. The molecule has 0 bridgehead atoms. The first kappa shape index (κ1) is 24.1. The largest absolute Gasteiger partial charge is 0.326 e. The molecule has 1 amide bonds. The van der Waals surface area contributed by atoms with Crippen molar-refractivity contribution in [2.24, 2.45) is 17.3 Å². The summed E-state index contributed by atoms with van der Waals surface area (Å²) in [5.74, 6) is -0.123. The van der Waals surface area contributed by atoms with Crippen LogP contribution in [0.25, 0.3) is 0 Å².